The quantitative estimate of drug-likeness (QED) is 0.649. The predicted molar refractivity (Wildman–Crippen MR) is 91.4 cm³/mol. The maximum absolute atomic E-state index is 12.2. The molecule has 0 fully saturated rings. The fourth-order valence-electron chi connectivity index (χ4n) is 2.40. The fraction of sp³-hybridized carbons (Fsp3) is 0.150. The number of allylic oxidation sites excluding steroid dienone is 3. The molecule has 2 nitrogen and oxygen atoms in total. The van der Waals surface area contributed by atoms with Gasteiger partial charge < -0.3 is 5.32 Å². The van der Waals surface area contributed by atoms with Crippen LogP contribution in [0.25, 0.3) is 0 Å². The standard InChI is InChI=1S/C20H21NO/c1-3-4-7-16-19(22)21-20(2,17-12-8-5-9-13-17)18-14-10-6-11-15-18/h3-16H,1-2H3,(H,21,22)/b4-3+,16-7+. The zero-order valence-electron chi connectivity index (χ0n) is 13.0. The molecule has 0 heterocycles. The monoisotopic (exact) mass is 291 g/mol. The number of hydrogen-bond donors (Lipinski definition) is 1. The number of carbonyl (C=O) groups excluding carboxylic acids is 1. The summed E-state index contributed by atoms with van der Waals surface area (Å²) < 4.78 is 0. The number of carbonyl (C=O) groups is 1. The smallest absolute Gasteiger partial charge is 0.244 e. The summed E-state index contributed by atoms with van der Waals surface area (Å²) in [6.07, 6.45) is 7.01. The van der Waals surface area contributed by atoms with Crippen molar-refractivity contribution < 1.29 is 4.79 Å². The van der Waals surface area contributed by atoms with E-state index in [1.54, 1.807) is 12.2 Å². The van der Waals surface area contributed by atoms with E-state index in [4.69, 9.17) is 0 Å². The number of nitrogens with one attached hydrogen (secondary N) is 1. The lowest BCUT2D eigenvalue weighted by atomic mass is 9.84. The molecule has 2 aromatic rings. The molecule has 0 spiro atoms. The molecule has 112 valence electrons. The van der Waals surface area contributed by atoms with Crippen molar-refractivity contribution in [3.05, 3.63) is 96.1 Å². The minimum absolute atomic E-state index is 0.117. The molecular formula is C20H21NO. The highest BCUT2D eigenvalue weighted by Crippen LogP contribution is 2.29. The summed E-state index contributed by atoms with van der Waals surface area (Å²) in [6, 6.07) is 20.0. The molecule has 0 unspecified atom stereocenters. The number of benzene rings is 2. The molecule has 0 bridgehead atoms. The van der Waals surface area contributed by atoms with Crippen molar-refractivity contribution in [1.82, 2.24) is 5.32 Å². The molecule has 0 atom stereocenters. The highest BCUT2D eigenvalue weighted by molar-refractivity contribution is 5.88. The Labute approximate surface area is 132 Å². The minimum atomic E-state index is -0.570. The van der Waals surface area contributed by atoms with Crippen LogP contribution < -0.4 is 5.32 Å². The van der Waals surface area contributed by atoms with Crippen LogP contribution in [0, 0.1) is 0 Å². The van der Waals surface area contributed by atoms with Crippen molar-refractivity contribution in [2.24, 2.45) is 0 Å². The first kappa shape index (κ1) is 15.8. The SMILES string of the molecule is C/C=C/C=C/C(=O)NC(C)(c1ccccc1)c1ccccc1. The van der Waals surface area contributed by atoms with Crippen LogP contribution in [0.1, 0.15) is 25.0 Å². The Morgan fingerprint density at radius 1 is 0.909 bits per heavy atom. The number of rotatable bonds is 5. The number of hydrogen-bond acceptors (Lipinski definition) is 1. The molecule has 0 aliphatic heterocycles. The van der Waals surface area contributed by atoms with Gasteiger partial charge >= 0.3 is 0 Å². The Hall–Kier alpha value is -2.61. The Balaban J connectivity index is 2.37. The summed E-state index contributed by atoms with van der Waals surface area (Å²) in [5.41, 5.74) is 1.53. The average molecular weight is 291 g/mol. The maximum atomic E-state index is 12.2. The third-order valence-corrected chi connectivity index (χ3v) is 3.63. The molecule has 1 amide bonds. The van der Waals surface area contributed by atoms with Gasteiger partial charge in [0.2, 0.25) is 5.91 Å². The van der Waals surface area contributed by atoms with Crippen molar-refractivity contribution in [2.45, 2.75) is 19.4 Å². The zero-order chi connectivity index (χ0) is 15.8. The first-order chi connectivity index (χ1) is 10.7. The lowest BCUT2D eigenvalue weighted by Crippen LogP contribution is -2.43. The Morgan fingerprint density at radius 3 is 1.86 bits per heavy atom. The van der Waals surface area contributed by atoms with E-state index in [0.29, 0.717) is 0 Å². The summed E-state index contributed by atoms with van der Waals surface area (Å²) in [5.74, 6) is -0.117. The van der Waals surface area contributed by atoms with Crippen LogP contribution in [-0.4, -0.2) is 5.91 Å². The summed E-state index contributed by atoms with van der Waals surface area (Å²) in [4.78, 5) is 12.2. The third kappa shape index (κ3) is 3.73. The van der Waals surface area contributed by atoms with E-state index < -0.39 is 5.54 Å². The Morgan fingerprint density at radius 2 is 1.41 bits per heavy atom. The van der Waals surface area contributed by atoms with Crippen LogP contribution in [0.5, 0.6) is 0 Å². The van der Waals surface area contributed by atoms with E-state index in [1.165, 1.54) is 0 Å². The molecule has 22 heavy (non-hydrogen) atoms. The summed E-state index contributed by atoms with van der Waals surface area (Å²) in [7, 11) is 0. The molecule has 0 saturated heterocycles. The first-order valence-electron chi connectivity index (χ1n) is 7.39. The maximum Gasteiger partial charge on any atom is 0.244 e. The van der Waals surface area contributed by atoms with Gasteiger partial charge in [0.1, 0.15) is 0 Å². The van der Waals surface area contributed by atoms with Gasteiger partial charge in [-0.05, 0) is 25.0 Å². The summed E-state index contributed by atoms with van der Waals surface area (Å²) in [5, 5.41) is 3.13. The third-order valence-electron chi connectivity index (χ3n) is 3.63. The van der Waals surface area contributed by atoms with E-state index >= 15 is 0 Å². The highest BCUT2D eigenvalue weighted by Gasteiger charge is 2.29. The van der Waals surface area contributed by atoms with Gasteiger partial charge in [-0.3, -0.25) is 4.79 Å². The lowest BCUT2D eigenvalue weighted by molar-refractivity contribution is -0.117. The van der Waals surface area contributed by atoms with Gasteiger partial charge in [-0.2, -0.15) is 0 Å². The molecule has 0 aliphatic carbocycles. The molecule has 1 N–H and O–H groups in total. The van der Waals surface area contributed by atoms with Crippen LogP contribution in [0.2, 0.25) is 0 Å². The van der Waals surface area contributed by atoms with Crippen molar-refractivity contribution in [3.63, 3.8) is 0 Å². The topological polar surface area (TPSA) is 29.1 Å². The first-order valence-corrected chi connectivity index (χ1v) is 7.39. The predicted octanol–water partition coefficient (Wildman–Crippen LogP) is 4.20. The van der Waals surface area contributed by atoms with Crippen molar-refractivity contribution in [1.29, 1.82) is 0 Å². The second kappa shape index (κ2) is 7.41. The molecule has 2 heteroatoms. The van der Waals surface area contributed by atoms with Crippen molar-refractivity contribution in [3.8, 4) is 0 Å². The normalized spacial score (nSPS) is 11.9. The van der Waals surface area contributed by atoms with Crippen LogP contribution in [0.3, 0.4) is 0 Å². The molecule has 2 rings (SSSR count). The lowest BCUT2D eigenvalue weighted by Gasteiger charge is -2.31. The van der Waals surface area contributed by atoms with E-state index in [2.05, 4.69) is 5.32 Å². The van der Waals surface area contributed by atoms with Gasteiger partial charge in [0.05, 0.1) is 5.54 Å². The fourth-order valence-corrected chi connectivity index (χ4v) is 2.40. The van der Waals surface area contributed by atoms with E-state index in [1.807, 2.05) is 86.7 Å². The van der Waals surface area contributed by atoms with Gasteiger partial charge in [0.15, 0.2) is 0 Å². The molecule has 0 saturated carbocycles. The van der Waals surface area contributed by atoms with Crippen LogP contribution >= 0.6 is 0 Å². The Bertz CT molecular complexity index is 617. The zero-order valence-corrected chi connectivity index (χ0v) is 13.0. The van der Waals surface area contributed by atoms with Crippen molar-refractivity contribution >= 4 is 5.91 Å². The molecule has 0 radical (unpaired) electrons. The molecule has 2 aromatic carbocycles. The van der Waals surface area contributed by atoms with Gasteiger partial charge in [-0.25, -0.2) is 0 Å². The second-order valence-electron chi connectivity index (χ2n) is 5.23. The van der Waals surface area contributed by atoms with Crippen LogP contribution in [0.4, 0.5) is 0 Å². The van der Waals surface area contributed by atoms with Crippen LogP contribution in [-0.2, 0) is 10.3 Å². The van der Waals surface area contributed by atoms with Crippen molar-refractivity contribution in [2.75, 3.05) is 0 Å². The Kier molecular flexibility index (Phi) is 5.31. The van der Waals surface area contributed by atoms with E-state index in [9.17, 15) is 4.79 Å². The van der Waals surface area contributed by atoms with Gasteiger partial charge in [0.25, 0.3) is 0 Å². The van der Waals surface area contributed by atoms with Gasteiger partial charge in [-0.15, -0.1) is 0 Å². The molecule has 0 aromatic heterocycles. The molecular weight excluding hydrogens is 270 g/mol. The van der Waals surface area contributed by atoms with E-state index in [-0.39, 0.29) is 5.91 Å². The van der Waals surface area contributed by atoms with Crippen LogP contribution in [0.15, 0.2) is 85.0 Å². The van der Waals surface area contributed by atoms with Gasteiger partial charge in [0, 0.05) is 6.08 Å². The minimum Gasteiger partial charge on any atom is -0.339 e. The summed E-state index contributed by atoms with van der Waals surface area (Å²) in [6.45, 7) is 3.94. The highest BCUT2D eigenvalue weighted by atomic mass is 16.1. The number of amides is 1. The van der Waals surface area contributed by atoms with Gasteiger partial charge in [-0.1, -0.05) is 78.9 Å². The second-order valence-corrected chi connectivity index (χ2v) is 5.23. The van der Waals surface area contributed by atoms with E-state index in [0.717, 1.165) is 11.1 Å². The summed E-state index contributed by atoms with van der Waals surface area (Å²) >= 11 is 0. The largest absolute Gasteiger partial charge is 0.339 e. The molecule has 0 aliphatic rings. The average Bonchev–Trinajstić information content (AvgIpc) is 2.56.